The minimum atomic E-state index is -4.18. The van der Waals surface area contributed by atoms with E-state index in [1.807, 2.05) is 6.92 Å². The summed E-state index contributed by atoms with van der Waals surface area (Å²) in [5.74, 6) is 0. The highest BCUT2D eigenvalue weighted by Crippen LogP contribution is 2.19. The van der Waals surface area contributed by atoms with Gasteiger partial charge in [-0.25, -0.2) is 0 Å². The Morgan fingerprint density at radius 2 is 1.79 bits per heavy atom. The van der Waals surface area contributed by atoms with Gasteiger partial charge in [-0.15, -0.1) is 0 Å². The Labute approximate surface area is 80.8 Å². The van der Waals surface area contributed by atoms with E-state index in [-0.39, 0.29) is 6.29 Å². The maximum Gasteiger partial charge on any atom is 0.389 e. The molecule has 0 atom stereocenters. The largest absolute Gasteiger partial charge is 0.389 e. The number of allylic oxidation sites excluding steroid dienone is 1. The zero-order valence-electron chi connectivity index (χ0n) is 7.93. The lowest BCUT2D eigenvalue weighted by Crippen LogP contribution is -2.06. The molecule has 0 aromatic heterocycles. The lowest BCUT2D eigenvalue weighted by atomic mass is 10.3. The number of alkyl halides is 3. The molecular formula is C9H13F3O2. The molecule has 0 aliphatic heterocycles. The van der Waals surface area contributed by atoms with Crippen LogP contribution in [0.5, 0.6) is 0 Å². The third-order valence-corrected chi connectivity index (χ3v) is 0.977. The predicted octanol–water partition coefficient (Wildman–Crippen LogP) is 2.68. The van der Waals surface area contributed by atoms with Gasteiger partial charge < -0.3 is 9.59 Å². The number of hydrogen-bond donors (Lipinski definition) is 0. The van der Waals surface area contributed by atoms with Crippen LogP contribution in [0, 0.1) is 0 Å². The third-order valence-electron chi connectivity index (χ3n) is 0.977. The van der Waals surface area contributed by atoms with Gasteiger partial charge in [0.1, 0.15) is 12.6 Å². The molecule has 0 spiro atoms. The Bertz CT molecular complexity index is 185. The molecule has 0 aromatic carbocycles. The van der Waals surface area contributed by atoms with Gasteiger partial charge in [0.05, 0.1) is 6.42 Å². The number of halogens is 3. The van der Waals surface area contributed by atoms with Crippen LogP contribution in [0.2, 0.25) is 0 Å². The Balaban J connectivity index is 0. The standard InChI is InChI=1S/C5H8O.C4H5F3O/c1-5(2)3-4-6;5-4(6,7)2-1-3-8/h4H,1,3H2,2H3;3H,1-2H2. The molecule has 0 aromatic rings. The van der Waals surface area contributed by atoms with Crippen molar-refractivity contribution in [1.29, 1.82) is 0 Å². The Morgan fingerprint density at radius 1 is 1.29 bits per heavy atom. The molecule has 0 fully saturated rings. The van der Waals surface area contributed by atoms with Gasteiger partial charge in [0.2, 0.25) is 0 Å². The fourth-order valence-electron chi connectivity index (χ4n) is 0.365. The van der Waals surface area contributed by atoms with Crippen molar-refractivity contribution in [2.75, 3.05) is 0 Å². The second kappa shape index (κ2) is 8.47. The van der Waals surface area contributed by atoms with E-state index in [1.54, 1.807) is 0 Å². The topological polar surface area (TPSA) is 34.1 Å². The third kappa shape index (κ3) is 22.4. The predicted molar refractivity (Wildman–Crippen MR) is 46.8 cm³/mol. The first kappa shape index (κ1) is 15.3. The minimum Gasteiger partial charge on any atom is -0.303 e. The Morgan fingerprint density at radius 3 is 1.86 bits per heavy atom. The highest BCUT2D eigenvalue weighted by Gasteiger charge is 2.25. The second-order valence-corrected chi connectivity index (χ2v) is 2.65. The molecule has 82 valence electrons. The lowest BCUT2D eigenvalue weighted by Gasteiger charge is -1.99. The molecule has 0 amide bonds. The molecule has 2 nitrogen and oxygen atoms in total. The summed E-state index contributed by atoms with van der Waals surface area (Å²) in [5.41, 5.74) is 0.921. The summed E-state index contributed by atoms with van der Waals surface area (Å²) in [4.78, 5) is 18.9. The van der Waals surface area contributed by atoms with E-state index < -0.39 is 19.0 Å². The van der Waals surface area contributed by atoms with Crippen LogP contribution in [-0.2, 0) is 9.59 Å². The zero-order chi connectivity index (χ0) is 11.6. The van der Waals surface area contributed by atoms with Crippen molar-refractivity contribution in [3.8, 4) is 0 Å². The van der Waals surface area contributed by atoms with Gasteiger partial charge in [0.25, 0.3) is 0 Å². The highest BCUT2D eigenvalue weighted by molar-refractivity contribution is 5.53. The lowest BCUT2D eigenvalue weighted by molar-refractivity contribution is -0.139. The SMILES string of the molecule is C=C(C)CC=O.O=CCCC(F)(F)F. The maximum absolute atomic E-state index is 11.1. The summed E-state index contributed by atoms with van der Waals surface area (Å²) < 4.78 is 33.3. The van der Waals surface area contributed by atoms with Crippen LogP contribution < -0.4 is 0 Å². The first-order valence-electron chi connectivity index (χ1n) is 3.92. The molecular weight excluding hydrogens is 197 g/mol. The molecule has 0 unspecified atom stereocenters. The van der Waals surface area contributed by atoms with Gasteiger partial charge in [-0.05, 0) is 6.92 Å². The summed E-state index contributed by atoms with van der Waals surface area (Å²) in [6, 6.07) is 0. The average Bonchev–Trinajstić information content (AvgIpc) is 2.00. The maximum atomic E-state index is 11.1. The van der Waals surface area contributed by atoms with Crippen molar-refractivity contribution in [2.24, 2.45) is 0 Å². The first-order chi connectivity index (χ1) is 6.33. The monoisotopic (exact) mass is 210 g/mol. The van der Waals surface area contributed by atoms with E-state index in [2.05, 4.69) is 6.58 Å². The van der Waals surface area contributed by atoms with E-state index >= 15 is 0 Å². The van der Waals surface area contributed by atoms with Crippen LogP contribution in [0.4, 0.5) is 13.2 Å². The van der Waals surface area contributed by atoms with Gasteiger partial charge in [-0.1, -0.05) is 12.2 Å². The molecule has 0 saturated heterocycles. The molecule has 0 bridgehead atoms. The van der Waals surface area contributed by atoms with Crippen molar-refractivity contribution in [1.82, 2.24) is 0 Å². The van der Waals surface area contributed by atoms with Crippen molar-refractivity contribution >= 4 is 12.6 Å². The summed E-state index contributed by atoms with van der Waals surface area (Å²) in [6.45, 7) is 5.34. The van der Waals surface area contributed by atoms with E-state index in [0.29, 0.717) is 6.42 Å². The van der Waals surface area contributed by atoms with Crippen LogP contribution in [0.1, 0.15) is 26.2 Å². The van der Waals surface area contributed by atoms with Crippen LogP contribution in [0.15, 0.2) is 12.2 Å². The summed E-state index contributed by atoms with van der Waals surface area (Å²) in [7, 11) is 0. The summed E-state index contributed by atoms with van der Waals surface area (Å²) in [6.07, 6.45) is -4.00. The molecule has 14 heavy (non-hydrogen) atoms. The Kier molecular flexibility index (Phi) is 9.28. The molecule has 0 N–H and O–H groups in total. The van der Waals surface area contributed by atoms with E-state index in [1.165, 1.54) is 0 Å². The number of carbonyl (C=O) groups is 2. The summed E-state index contributed by atoms with van der Waals surface area (Å²) >= 11 is 0. The quantitative estimate of drug-likeness (QED) is 0.528. The molecule has 0 heterocycles. The van der Waals surface area contributed by atoms with Gasteiger partial charge in [0.15, 0.2) is 0 Å². The van der Waals surface area contributed by atoms with Crippen molar-refractivity contribution in [3.63, 3.8) is 0 Å². The zero-order valence-corrected chi connectivity index (χ0v) is 7.93. The molecule has 0 aliphatic rings. The van der Waals surface area contributed by atoms with E-state index in [9.17, 15) is 22.8 Å². The van der Waals surface area contributed by atoms with Gasteiger partial charge in [-0.3, -0.25) is 0 Å². The molecule has 0 saturated carbocycles. The fraction of sp³-hybridized carbons (Fsp3) is 0.556. The molecule has 0 aliphatic carbocycles. The van der Waals surface area contributed by atoms with Crippen LogP contribution >= 0.6 is 0 Å². The number of aldehydes is 2. The van der Waals surface area contributed by atoms with Crippen molar-refractivity contribution in [3.05, 3.63) is 12.2 Å². The second-order valence-electron chi connectivity index (χ2n) is 2.65. The highest BCUT2D eigenvalue weighted by atomic mass is 19.4. The number of carbonyl (C=O) groups excluding carboxylic acids is 2. The van der Waals surface area contributed by atoms with Crippen LogP contribution in [-0.4, -0.2) is 18.7 Å². The average molecular weight is 210 g/mol. The normalized spacial score (nSPS) is 9.71. The van der Waals surface area contributed by atoms with Crippen LogP contribution in [0.25, 0.3) is 0 Å². The fourth-order valence-corrected chi connectivity index (χ4v) is 0.365. The van der Waals surface area contributed by atoms with Crippen molar-refractivity contribution in [2.45, 2.75) is 32.4 Å². The molecule has 0 radical (unpaired) electrons. The summed E-state index contributed by atoms with van der Waals surface area (Å²) in [5, 5.41) is 0. The van der Waals surface area contributed by atoms with Gasteiger partial charge >= 0.3 is 6.18 Å². The Hall–Kier alpha value is -1.13. The number of hydrogen-bond acceptors (Lipinski definition) is 2. The minimum absolute atomic E-state index is 0.257. The number of rotatable bonds is 4. The van der Waals surface area contributed by atoms with E-state index in [4.69, 9.17) is 0 Å². The smallest absolute Gasteiger partial charge is 0.303 e. The van der Waals surface area contributed by atoms with Crippen molar-refractivity contribution < 1.29 is 22.8 Å². The van der Waals surface area contributed by atoms with E-state index in [0.717, 1.165) is 11.9 Å². The first-order valence-corrected chi connectivity index (χ1v) is 3.92. The van der Waals surface area contributed by atoms with Crippen LogP contribution in [0.3, 0.4) is 0 Å². The molecule has 0 rings (SSSR count). The molecule has 5 heteroatoms. The van der Waals surface area contributed by atoms with Gasteiger partial charge in [0, 0.05) is 12.8 Å². The van der Waals surface area contributed by atoms with Gasteiger partial charge in [-0.2, -0.15) is 13.2 Å².